The normalized spacial score (nSPS) is 22.0. The molecule has 0 saturated heterocycles. The first kappa shape index (κ1) is 24.0. The van der Waals surface area contributed by atoms with Crippen LogP contribution in [0.3, 0.4) is 0 Å². The summed E-state index contributed by atoms with van der Waals surface area (Å²) in [4.78, 5) is 13.1. The average Bonchev–Trinajstić information content (AvgIpc) is 2.94. The number of nitrogens with zero attached hydrogens (tertiary/aromatic N) is 1. The summed E-state index contributed by atoms with van der Waals surface area (Å²) >= 11 is 0. The highest BCUT2D eigenvalue weighted by molar-refractivity contribution is 7.91. The van der Waals surface area contributed by atoms with Crippen molar-refractivity contribution in [3.63, 3.8) is 0 Å². The lowest BCUT2D eigenvalue weighted by atomic mass is 9.83. The Morgan fingerprint density at radius 3 is 2.08 bits per heavy atom. The number of hydrogen-bond acceptors (Lipinski definition) is 3. The third-order valence-corrected chi connectivity index (χ3v) is 9.59. The standard InChI is InChI=1S/C31H29NO3S/c1-31(36(34,35)32-21-11-18-28(23-32)30(33)26-16-9-4-10-17-26)20-19-27(24-12-5-2-6-13-24)22-29(31)25-14-7-3-8-15-25/h2-17,19,21-22,28H,18,20,23H2,1H3. The van der Waals surface area contributed by atoms with E-state index in [0.717, 1.165) is 22.3 Å². The summed E-state index contributed by atoms with van der Waals surface area (Å²) in [5.41, 5.74) is 4.31. The van der Waals surface area contributed by atoms with Gasteiger partial charge in [0.2, 0.25) is 10.0 Å². The van der Waals surface area contributed by atoms with Crippen molar-refractivity contribution in [2.24, 2.45) is 5.92 Å². The second kappa shape index (κ2) is 9.75. The van der Waals surface area contributed by atoms with Crippen molar-refractivity contribution in [1.29, 1.82) is 0 Å². The topological polar surface area (TPSA) is 54.5 Å². The SMILES string of the molecule is CC1(S(=O)(=O)N2C=CCC(C(=O)c3ccccc3)C2)CC=C(c2ccccc2)C=C1c1ccccc1. The van der Waals surface area contributed by atoms with Crippen molar-refractivity contribution >= 4 is 27.0 Å². The molecule has 1 aliphatic heterocycles. The summed E-state index contributed by atoms with van der Waals surface area (Å²) in [6, 6.07) is 28.8. The van der Waals surface area contributed by atoms with Crippen LogP contribution >= 0.6 is 0 Å². The second-order valence-corrected chi connectivity index (χ2v) is 11.8. The summed E-state index contributed by atoms with van der Waals surface area (Å²) < 4.78 is 28.8. The molecule has 0 bridgehead atoms. The zero-order chi connectivity index (χ0) is 25.2. The molecule has 2 unspecified atom stereocenters. The molecule has 0 radical (unpaired) electrons. The van der Waals surface area contributed by atoms with Gasteiger partial charge in [0.1, 0.15) is 4.75 Å². The van der Waals surface area contributed by atoms with Gasteiger partial charge in [-0.25, -0.2) is 8.42 Å². The van der Waals surface area contributed by atoms with Gasteiger partial charge in [-0.3, -0.25) is 9.10 Å². The summed E-state index contributed by atoms with van der Waals surface area (Å²) in [6.45, 7) is 1.94. The fourth-order valence-corrected chi connectivity index (χ4v) is 6.91. The van der Waals surface area contributed by atoms with E-state index < -0.39 is 20.7 Å². The van der Waals surface area contributed by atoms with Gasteiger partial charge in [0, 0.05) is 24.2 Å². The lowest BCUT2D eigenvalue weighted by molar-refractivity contribution is 0.0907. The van der Waals surface area contributed by atoms with Gasteiger partial charge in [0.15, 0.2) is 5.78 Å². The first-order valence-electron chi connectivity index (χ1n) is 12.2. The highest BCUT2D eigenvalue weighted by Crippen LogP contribution is 2.45. The van der Waals surface area contributed by atoms with Crippen LogP contribution in [-0.2, 0) is 10.0 Å². The molecule has 0 amide bonds. The van der Waals surface area contributed by atoms with Gasteiger partial charge in [0.25, 0.3) is 0 Å². The molecular formula is C31H29NO3S. The van der Waals surface area contributed by atoms with Gasteiger partial charge in [-0.05, 0) is 48.1 Å². The molecule has 1 heterocycles. The number of carbonyl (C=O) groups is 1. The third-order valence-electron chi connectivity index (χ3n) is 7.17. The Kier molecular flexibility index (Phi) is 6.50. The Labute approximate surface area is 213 Å². The number of benzene rings is 3. The molecule has 0 saturated carbocycles. The van der Waals surface area contributed by atoms with E-state index in [-0.39, 0.29) is 12.3 Å². The largest absolute Gasteiger partial charge is 0.294 e. The molecule has 0 N–H and O–H groups in total. The van der Waals surface area contributed by atoms with E-state index in [0.29, 0.717) is 18.4 Å². The van der Waals surface area contributed by atoms with Crippen LogP contribution < -0.4 is 0 Å². The predicted octanol–water partition coefficient (Wildman–Crippen LogP) is 6.36. The average molecular weight is 496 g/mol. The maximum atomic E-state index is 14.3. The summed E-state index contributed by atoms with van der Waals surface area (Å²) in [7, 11) is -3.85. The van der Waals surface area contributed by atoms with Gasteiger partial charge < -0.3 is 0 Å². The molecule has 3 aromatic carbocycles. The smallest absolute Gasteiger partial charge is 0.244 e. The minimum Gasteiger partial charge on any atom is -0.294 e. The number of hydrogen-bond donors (Lipinski definition) is 0. The van der Waals surface area contributed by atoms with Gasteiger partial charge in [-0.2, -0.15) is 0 Å². The van der Waals surface area contributed by atoms with Crippen LogP contribution in [0.1, 0.15) is 41.3 Å². The summed E-state index contributed by atoms with van der Waals surface area (Å²) in [5.74, 6) is -0.446. The maximum absolute atomic E-state index is 14.3. The molecule has 0 fully saturated rings. The van der Waals surface area contributed by atoms with Crippen molar-refractivity contribution in [3.8, 4) is 0 Å². The van der Waals surface area contributed by atoms with Crippen LogP contribution in [0.5, 0.6) is 0 Å². The summed E-state index contributed by atoms with van der Waals surface area (Å²) in [6.07, 6.45) is 8.31. The van der Waals surface area contributed by atoms with Crippen LogP contribution in [0.2, 0.25) is 0 Å². The molecule has 2 atom stereocenters. The van der Waals surface area contributed by atoms with E-state index in [9.17, 15) is 13.2 Å². The number of rotatable bonds is 6. The van der Waals surface area contributed by atoms with Crippen molar-refractivity contribution in [2.75, 3.05) is 6.54 Å². The third kappa shape index (κ3) is 4.35. The van der Waals surface area contributed by atoms with Crippen molar-refractivity contribution in [3.05, 3.63) is 132 Å². The number of sulfonamides is 1. The van der Waals surface area contributed by atoms with Gasteiger partial charge >= 0.3 is 0 Å². The second-order valence-electron chi connectivity index (χ2n) is 9.51. The van der Waals surface area contributed by atoms with Crippen LogP contribution in [-0.4, -0.2) is 29.8 Å². The molecule has 1 aliphatic carbocycles. The van der Waals surface area contributed by atoms with Crippen LogP contribution in [0.15, 0.2) is 115 Å². The predicted molar refractivity (Wildman–Crippen MR) is 146 cm³/mol. The number of ketones is 1. The molecule has 3 aromatic rings. The first-order chi connectivity index (χ1) is 17.4. The lowest BCUT2D eigenvalue weighted by Gasteiger charge is -2.40. The molecule has 36 heavy (non-hydrogen) atoms. The molecule has 5 heteroatoms. The molecule has 0 aromatic heterocycles. The van der Waals surface area contributed by atoms with Gasteiger partial charge in [-0.1, -0.05) is 103 Å². The van der Waals surface area contributed by atoms with Crippen molar-refractivity contribution in [2.45, 2.75) is 24.5 Å². The number of Topliss-reactive ketones (excluding diaryl/α,β-unsaturated/α-hetero) is 1. The van der Waals surface area contributed by atoms with Crippen molar-refractivity contribution in [1.82, 2.24) is 4.31 Å². The molecule has 2 aliphatic rings. The number of carbonyl (C=O) groups excluding carboxylic acids is 1. The number of allylic oxidation sites excluding steroid dienone is 4. The Hall–Kier alpha value is -3.70. The zero-order valence-electron chi connectivity index (χ0n) is 20.2. The minimum absolute atomic E-state index is 0.0287. The Morgan fingerprint density at radius 2 is 1.44 bits per heavy atom. The molecular weight excluding hydrogens is 466 g/mol. The monoisotopic (exact) mass is 495 g/mol. The van der Waals surface area contributed by atoms with Crippen LogP contribution in [0.25, 0.3) is 11.1 Å². The zero-order valence-corrected chi connectivity index (χ0v) is 21.1. The maximum Gasteiger partial charge on any atom is 0.244 e. The van der Waals surface area contributed by atoms with E-state index in [1.54, 1.807) is 31.3 Å². The summed E-state index contributed by atoms with van der Waals surface area (Å²) in [5, 5.41) is 0. The fourth-order valence-electron chi connectivity index (χ4n) is 5.02. The van der Waals surface area contributed by atoms with Crippen molar-refractivity contribution < 1.29 is 13.2 Å². The van der Waals surface area contributed by atoms with Gasteiger partial charge in [-0.15, -0.1) is 0 Å². The molecule has 0 spiro atoms. The Morgan fingerprint density at radius 1 is 0.861 bits per heavy atom. The molecule has 4 nitrogen and oxygen atoms in total. The van der Waals surface area contributed by atoms with E-state index in [1.807, 2.05) is 91.0 Å². The van der Waals surface area contributed by atoms with E-state index in [1.165, 1.54) is 4.31 Å². The van der Waals surface area contributed by atoms with E-state index >= 15 is 0 Å². The highest BCUT2D eigenvalue weighted by Gasteiger charge is 2.47. The highest BCUT2D eigenvalue weighted by atomic mass is 32.2. The van der Waals surface area contributed by atoms with E-state index in [2.05, 4.69) is 0 Å². The minimum atomic E-state index is -3.85. The molecule has 182 valence electrons. The molecule has 5 rings (SSSR count). The quantitative estimate of drug-likeness (QED) is 0.374. The van der Waals surface area contributed by atoms with Gasteiger partial charge in [0.05, 0.1) is 0 Å². The Bertz CT molecular complexity index is 1440. The fraction of sp³-hybridized carbons (Fsp3) is 0.194. The Balaban J connectivity index is 1.51. The van der Waals surface area contributed by atoms with Crippen LogP contribution in [0.4, 0.5) is 0 Å². The first-order valence-corrected chi connectivity index (χ1v) is 13.6. The van der Waals surface area contributed by atoms with Crippen LogP contribution in [0, 0.1) is 5.92 Å². The lowest BCUT2D eigenvalue weighted by Crippen LogP contribution is -2.48. The van der Waals surface area contributed by atoms with E-state index in [4.69, 9.17) is 0 Å².